The van der Waals surface area contributed by atoms with Gasteiger partial charge < -0.3 is 14.7 Å². The number of rotatable bonds is 2. The number of thiocarbonyl (C=S) groups is 1. The van der Waals surface area contributed by atoms with Crippen LogP contribution in [0.4, 0.5) is 11.4 Å². The fourth-order valence-corrected chi connectivity index (χ4v) is 8.15. The molecule has 1 saturated carbocycles. The summed E-state index contributed by atoms with van der Waals surface area (Å²) in [7, 11) is 0. The van der Waals surface area contributed by atoms with Crippen molar-refractivity contribution in [3.8, 4) is 12.1 Å². The maximum atomic E-state index is 11.1. The number of fused-ring (bicyclic) bond motifs is 2. The largest absolute Gasteiger partial charge is 0.367 e. The predicted octanol–water partition coefficient (Wildman–Crippen LogP) is 6.48. The van der Waals surface area contributed by atoms with E-state index in [1.165, 1.54) is 0 Å². The molecule has 0 radical (unpaired) electrons. The molecular weight excluding hydrogens is 612 g/mol. The van der Waals surface area contributed by atoms with Gasteiger partial charge in [-0.2, -0.15) is 10.5 Å². The average Bonchev–Trinajstić information content (AvgIpc) is 2.93. The number of piperidine rings is 2. The number of anilines is 2. The van der Waals surface area contributed by atoms with Gasteiger partial charge in [-0.1, -0.05) is 63.3 Å². The number of hydrogen-bond acceptors (Lipinski definition) is 6. The summed E-state index contributed by atoms with van der Waals surface area (Å²) < 4.78 is 2.01. The monoisotopic (exact) mass is 636 g/mol. The van der Waals surface area contributed by atoms with Crippen LogP contribution in [-0.4, -0.2) is 42.2 Å². The number of hydrogen-bond donors (Lipinski definition) is 0. The van der Waals surface area contributed by atoms with Gasteiger partial charge in [-0.3, -0.25) is 0 Å². The fourth-order valence-electron chi connectivity index (χ4n) is 7.17. The zero-order chi connectivity index (χ0) is 25.8. The molecule has 2 aromatic rings. The van der Waals surface area contributed by atoms with Gasteiger partial charge in [-0.25, -0.2) is 4.99 Å². The Labute approximate surface area is 239 Å². The van der Waals surface area contributed by atoms with E-state index in [-0.39, 0.29) is 0 Å². The molecule has 3 aliphatic heterocycles. The first-order chi connectivity index (χ1) is 17.9. The number of halogens is 2. The van der Waals surface area contributed by atoms with E-state index in [0.717, 1.165) is 58.3 Å². The van der Waals surface area contributed by atoms with Gasteiger partial charge in [0.1, 0.15) is 28.3 Å². The van der Waals surface area contributed by atoms with Crippen molar-refractivity contribution in [2.45, 2.75) is 32.1 Å². The Kier molecular flexibility index (Phi) is 6.10. The lowest BCUT2D eigenvalue weighted by atomic mass is 9.42. The summed E-state index contributed by atoms with van der Waals surface area (Å²) in [6, 6.07) is 21.8. The Morgan fingerprint density at radius 1 is 0.784 bits per heavy atom. The molecule has 9 heteroatoms. The lowest BCUT2D eigenvalue weighted by Gasteiger charge is -2.68. The Morgan fingerprint density at radius 2 is 1.32 bits per heavy atom. The molecule has 1 spiro atoms. The molecule has 0 unspecified atom stereocenters. The van der Waals surface area contributed by atoms with Gasteiger partial charge in [0, 0.05) is 38.8 Å². The van der Waals surface area contributed by atoms with Gasteiger partial charge in [-0.05, 0) is 61.4 Å². The second kappa shape index (κ2) is 9.08. The first-order valence-electron chi connectivity index (χ1n) is 12.6. The van der Waals surface area contributed by atoms with E-state index in [2.05, 4.69) is 65.9 Å². The van der Waals surface area contributed by atoms with Crippen molar-refractivity contribution in [1.82, 2.24) is 4.90 Å². The molecule has 2 atom stereocenters. The SMILES string of the molecule is N#C[C@]12CN(c3ccc(Br)cc3)C[C@](C#N)(C(=S)N3CN(c4ccc(Br)cc4)CN=C31)C21CCCCC1. The second-order valence-electron chi connectivity index (χ2n) is 10.5. The van der Waals surface area contributed by atoms with Crippen LogP contribution in [0.15, 0.2) is 62.5 Å². The van der Waals surface area contributed by atoms with Crippen molar-refractivity contribution in [3.05, 3.63) is 57.5 Å². The minimum atomic E-state index is -0.967. The Morgan fingerprint density at radius 3 is 1.89 bits per heavy atom. The molecule has 1 aliphatic carbocycles. The molecule has 6 rings (SSSR count). The maximum absolute atomic E-state index is 11.1. The lowest BCUT2D eigenvalue weighted by molar-refractivity contribution is -0.0223. The van der Waals surface area contributed by atoms with Crippen LogP contribution in [0.25, 0.3) is 0 Å². The summed E-state index contributed by atoms with van der Waals surface area (Å²) in [5.74, 6) is 0.753. The minimum absolute atomic E-state index is 0.452. The molecule has 0 amide bonds. The van der Waals surface area contributed by atoms with Gasteiger partial charge >= 0.3 is 0 Å². The third kappa shape index (κ3) is 3.44. The molecule has 2 bridgehead atoms. The number of aliphatic imine (C=N–C) groups is 1. The van der Waals surface area contributed by atoms with Crippen molar-refractivity contribution in [2.75, 3.05) is 36.2 Å². The molecule has 6 nitrogen and oxygen atoms in total. The maximum Gasteiger partial charge on any atom is 0.140 e. The number of amidine groups is 1. The topological polar surface area (TPSA) is 69.7 Å². The smallest absolute Gasteiger partial charge is 0.140 e. The van der Waals surface area contributed by atoms with E-state index in [1.807, 2.05) is 41.3 Å². The first kappa shape index (κ1) is 24.9. The fraction of sp³-hybridized carbons (Fsp3) is 0.429. The van der Waals surface area contributed by atoms with Crippen molar-refractivity contribution in [2.24, 2.45) is 21.2 Å². The van der Waals surface area contributed by atoms with Crippen LogP contribution in [0.1, 0.15) is 32.1 Å². The molecule has 4 aliphatic rings. The van der Waals surface area contributed by atoms with E-state index in [0.29, 0.717) is 31.4 Å². The van der Waals surface area contributed by atoms with Crippen LogP contribution >= 0.6 is 44.1 Å². The highest BCUT2D eigenvalue weighted by Crippen LogP contribution is 2.67. The normalized spacial score (nSPS) is 28.3. The zero-order valence-corrected chi connectivity index (χ0v) is 24.3. The molecular formula is C28H26Br2N6S. The molecule has 2 aromatic carbocycles. The summed E-state index contributed by atoms with van der Waals surface area (Å²) in [4.78, 5) is 12.1. The zero-order valence-electron chi connectivity index (χ0n) is 20.3. The van der Waals surface area contributed by atoms with Crippen LogP contribution in [0.5, 0.6) is 0 Å². The molecule has 3 fully saturated rings. The summed E-state index contributed by atoms with van der Waals surface area (Å²) in [5.41, 5.74) is -0.406. The van der Waals surface area contributed by atoms with Crippen molar-refractivity contribution in [3.63, 3.8) is 0 Å². The third-order valence-electron chi connectivity index (χ3n) is 8.91. The van der Waals surface area contributed by atoms with Crippen LogP contribution in [0.3, 0.4) is 0 Å². The van der Waals surface area contributed by atoms with Gasteiger partial charge in [0.2, 0.25) is 0 Å². The van der Waals surface area contributed by atoms with Crippen molar-refractivity contribution in [1.29, 1.82) is 10.5 Å². The van der Waals surface area contributed by atoms with E-state index >= 15 is 0 Å². The summed E-state index contributed by atoms with van der Waals surface area (Å²) in [6.07, 6.45) is 4.79. The van der Waals surface area contributed by atoms with Crippen LogP contribution in [0, 0.1) is 38.9 Å². The predicted molar refractivity (Wildman–Crippen MR) is 156 cm³/mol. The van der Waals surface area contributed by atoms with Crippen LogP contribution in [-0.2, 0) is 0 Å². The lowest BCUT2D eigenvalue weighted by Crippen LogP contribution is -2.79. The quantitative estimate of drug-likeness (QED) is 0.351. The average molecular weight is 638 g/mol. The summed E-state index contributed by atoms with van der Waals surface area (Å²) >= 11 is 13.3. The highest BCUT2D eigenvalue weighted by atomic mass is 79.9. The van der Waals surface area contributed by atoms with Crippen LogP contribution < -0.4 is 9.80 Å². The molecule has 188 valence electrons. The molecule has 0 N–H and O–H groups in total. The summed E-state index contributed by atoms with van der Waals surface area (Å²) in [6.45, 7) is 1.92. The van der Waals surface area contributed by atoms with Gasteiger partial charge in [0.25, 0.3) is 0 Å². The molecule has 37 heavy (non-hydrogen) atoms. The van der Waals surface area contributed by atoms with Gasteiger partial charge in [0.05, 0.1) is 18.8 Å². The number of benzene rings is 2. The van der Waals surface area contributed by atoms with Gasteiger partial charge in [-0.15, -0.1) is 0 Å². The Hall–Kier alpha value is -2.46. The molecule has 0 aromatic heterocycles. The van der Waals surface area contributed by atoms with Crippen LogP contribution in [0.2, 0.25) is 0 Å². The van der Waals surface area contributed by atoms with E-state index in [1.54, 1.807) is 0 Å². The summed E-state index contributed by atoms with van der Waals surface area (Å²) in [5, 5.41) is 22.1. The minimum Gasteiger partial charge on any atom is -0.367 e. The Balaban J connectivity index is 1.52. The van der Waals surface area contributed by atoms with Crippen molar-refractivity contribution >= 4 is 66.3 Å². The standard InChI is InChI=1S/C28H26Br2N6S/c29-20-4-8-22(9-5-20)34-16-26(14-31)24-33-18-35(23-10-6-21(30)7-11-23)19-36(24)25(37)27(15-32,17-34)28(26)12-2-1-3-13-28/h4-11H,1-3,12-13,16-19H2/t26-,27+/m0/s1. The highest BCUT2D eigenvalue weighted by molar-refractivity contribution is 9.10. The van der Waals surface area contributed by atoms with Crippen molar-refractivity contribution < 1.29 is 0 Å². The molecule has 3 heterocycles. The van der Waals surface area contributed by atoms with E-state index < -0.39 is 16.2 Å². The Bertz CT molecular complexity index is 1360. The van der Waals surface area contributed by atoms with E-state index in [9.17, 15) is 10.5 Å². The number of nitrogens with zero attached hydrogens (tertiary/aromatic N) is 6. The second-order valence-corrected chi connectivity index (χ2v) is 12.7. The van der Waals surface area contributed by atoms with Gasteiger partial charge in [0.15, 0.2) is 0 Å². The van der Waals surface area contributed by atoms with E-state index in [4.69, 9.17) is 17.2 Å². The first-order valence-corrected chi connectivity index (χ1v) is 14.6. The molecule has 2 saturated heterocycles. The highest BCUT2D eigenvalue weighted by Gasteiger charge is 2.75. The number of nitriles is 2. The third-order valence-corrected chi connectivity index (χ3v) is 10.5.